The summed E-state index contributed by atoms with van der Waals surface area (Å²) in [6, 6.07) is 16.8. The molecule has 3 aromatic carbocycles. The molecule has 1 aliphatic carbocycles. The van der Waals surface area contributed by atoms with Crippen molar-refractivity contribution in [3.8, 4) is 0 Å². The van der Waals surface area contributed by atoms with E-state index in [1.807, 2.05) is 12.1 Å². The highest BCUT2D eigenvalue weighted by molar-refractivity contribution is 6.30. The molecular weight excluding hydrogens is 334 g/mol. The molecule has 0 saturated carbocycles. The summed E-state index contributed by atoms with van der Waals surface area (Å²) in [5.41, 5.74) is 7.51. The van der Waals surface area contributed by atoms with Crippen LogP contribution in [0.2, 0.25) is 0 Å². The van der Waals surface area contributed by atoms with E-state index in [9.17, 15) is 9.59 Å². The summed E-state index contributed by atoms with van der Waals surface area (Å²) in [5.74, 6) is -0.188. The smallest absolute Gasteiger partial charge is 0.196 e. The molecule has 4 rings (SSSR count). The molecule has 0 aliphatic heterocycles. The molecule has 0 amide bonds. The third kappa shape index (κ3) is 2.85. The molecule has 0 bridgehead atoms. The van der Waals surface area contributed by atoms with Crippen LogP contribution in [-0.4, -0.2) is 11.6 Å². The van der Waals surface area contributed by atoms with Gasteiger partial charge in [0.25, 0.3) is 0 Å². The number of nitrogens with one attached hydrogen (secondary N) is 1. The molecule has 0 atom stereocenters. The minimum atomic E-state index is -0.0966. The van der Waals surface area contributed by atoms with Gasteiger partial charge < -0.3 is 5.32 Å². The molecule has 134 valence electrons. The van der Waals surface area contributed by atoms with Crippen molar-refractivity contribution < 1.29 is 9.59 Å². The Morgan fingerprint density at radius 1 is 0.741 bits per heavy atom. The minimum Gasteiger partial charge on any atom is -0.380 e. The summed E-state index contributed by atoms with van der Waals surface area (Å²) >= 11 is 0. The van der Waals surface area contributed by atoms with Gasteiger partial charge in [-0.1, -0.05) is 54.1 Å². The van der Waals surface area contributed by atoms with Crippen molar-refractivity contribution in [1.29, 1.82) is 0 Å². The lowest BCUT2D eigenvalue weighted by Gasteiger charge is -2.21. The lowest BCUT2D eigenvalue weighted by atomic mass is 9.83. The van der Waals surface area contributed by atoms with E-state index >= 15 is 0 Å². The van der Waals surface area contributed by atoms with Crippen LogP contribution >= 0.6 is 0 Å². The molecule has 1 aliphatic rings. The van der Waals surface area contributed by atoms with Gasteiger partial charge >= 0.3 is 0 Å². The highest BCUT2D eigenvalue weighted by atomic mass is 16.1. The Bertz CT molecular complexity index is 1070. The maximum atomic E-state index is 13.1. The van der Waals surface area contributed by atoms with Crippen LogP contribution in [0.4, 0.5) is 5.69 Å². The number of carbonyl (C=O) groups excluding carboxylic acids is 2. The number of hydrogen-bond donors (Lipinski definition) is 1. The van der Waals surface area contributed by atoms with Gasteiger partial charge in [-0.25, -0.2) is 0 Å². The zero-order chi connectivity index (χ0) is 19.1. The van der Waals surface area contributed by atoms with Gasteiger partial charge in [-0.3, -0.25) is 9.59 Å². The van der Waals surface area contributed by atoms with Gasteiger partial charge in [-0.15, -0.1) is 0 Å². The second kappa shape index (κ2) is 6.51. The van der Waals surface area contributed by atoms with E-state index in [4.69, 9.17) is 0 Å². The van der Waals surface area contributed by atoms with Crippen molar-refractivity contribution in [3.63, 3.8) is 0 Å². The Morgan fingerprint density at radius 3 is 2.00 bits per heavy atom. The average Bonchev–Trinajstić information content (AvgIpc) is 2.65. The Balaban J connectivity index is 1.73. The molecule has 3 heteroatoms. The summed E-state index contributed by atoms with van der Waals surface area (Å²) in [5, 5.41) is 3.40. The first-order valence-corrected chi connectivity index (χ1v) is 9.09. The zero-order valence-corrected chi connectivity index (χ0v) is 15.7. The quantitative estimate of drug-likeness (QED) is 0.562. The lowest BCUT2D eigenvalue weighted by molar-refractivity contribution is 0.0979. The fourth-order valence-corrected chi connectivity index (χ4v) is 3.96. The van der Waals surface area contributed by atoms with Crippen LogP contribution in [-0.2, 0) is 6.54 Å². The number of ketones is 2. The van der Waals surface area contributed by atoms with E-state index in [-0.39, 0.29) is 11.6 Å². The third-order valence-corrected chi connectivity index (χ3v) is 5.25. The molecule has 0 spiro atoms. The van der Waals surface area contributed by atoms with Gasteiger partial charge in [-0.05, 0) is 43.5 Å². The molecule has 0 radical (unpaired) electrons. The summed E-state index contributed by atoms with van der Waals surface area (Å²) < 4.78 is 0. The second-order valence-corrected chi connectivity index (χ2v) is 7.16. The van der Waals surface area contributed by atoms with Crippen molar-refractivity contribution in [1.82, 2.24) is 0 Å². The predicted octanol–water partition coefficient (Wildman–Crippen LogP) is 5.00. The van der Waals surface area contributed by atoms with Crippen molar-refractivity contribution >= 4 is 17.3 Å². The number of carbonyl (C=O) groups is 2. The fourth-order valence-electron chi connectivity index (χ4n) is 3.96. The van der Waals surface area contributed by atoms with E-state index in [1.165, 1.54) is 22.3 Å². The zero-order valence-electron chi connectivity index (χ0n) is 15.7. The minimum absolute atomic E-state index is 0.0912. The highest BCUT2D eigenvalue weighted by Gasteiger charge is 2.31. The van der Waals surface area contributed by atoms with Crippen LogP contribution in [0.1, 0.15) is 54.1 Å². The molecule has 1 N–H and O–H groups in total. The van der Waals surface area contributed by atoms with Crippen LogP contribution < -0.4 is 5.32 Å². The lowest BCUT2D eigenvalue weighted by Crippen LogP contribution is -2.22. The van der Waals surface area contributed by atoms with Crippen LogP contribution in [0.3, 0.4) is 0 Å². The predicted molar refractivity (Wildman–Crippen MR) is 108 cm³/mol. The Kier molecular flexibility index (Phi) is 4.15. The molecule has 3 aromatic rings. The second-order valence-electron chi connectivity index (χ2n) is 7.16. The summed E-state index contributed by atoms with van der Waals surface area (Å²) in [6.07, 6.45) is 0. The average molecular weight is 355 g/mol. The number of rotatable bonds is 3. The van der Waals surface area contributed by atoms with Gasteiger partial charge in [0, 0.05) is 28.9 Å². The number of benzene rings is 3. The Hall–Kier alpha value is -3.20. The van der Waals surface area contributed by atoms with Gasteiger partial charge in [0.2, 0.25) is 0 Å². The molecule has 0 heterocycles. The van der Waals surface area contributed by atoms with Gasteiger partial charge in [-0.2, -0.15) is 0 Å². The van der Waals surface area contributed by atoms with Crippen LogP contribution in [0.5, 0.6) is 0 Å². The van der Waals surface area contributed by atoms with Gasteiger partial charge in [0.1, 0.15) is 0 Å². The standard InChI is InChI=1S/C24H21NO2/c1-14-11-15(2)20(16(3)12-14)13-25-21-10-6-9-19-22(21)24(27)18-8-5-4-7-17(18)23(19)26/h4-12,25H,13H2,1-3H3. The van der Waals surface area contributed by atoms with Crippen molar-refractivity contribution in [2.45, 2.75) is 27.3 Å². The largest absolute Gasteiger partial charge is 0.380 e. The first-order chi connectivity index (χ1) is 13.0. The monoisotopic (exact) mass is 355 g/mol. The Labute approximate surface area is 159 Å². The van der Waals surface area contributed by atoms with Gasteiger partial charge in [0.05, 0.1) is 5.56 Å². The summed E-state index contributed by atoms with van der Waals surface area (Å²) in [7, 11) is 0. The molecule has 0 unspecified atom stereocenters. The van der Waals surface area contributed by atoms with E-state index in [1.54, 1.807) is 30.3 Å². The van der Waals surface area contributed by atoms with E-state index in [0.29, 0.717) is 34.5 Å². The molecule has 0 fully saturated rings. The fraction of sp³-hybridized carbons (Fsp3) is 0.167. The van der Waals surface area contributed by atoms with Crippen molar-refractivity contribution in [2.75, 3.05) is 5.32 Å². The van der Waals surface area contributed by atoms with Gasteiger partial charge in [0.15, 0.2) is 11.6 Å². The molecule has 3 nitrogen and oxygen atoms in total. The molecule has 0 saturated heterocycles. The molecular formula is C24H21NO2. The normalized spacial score (nSPS) is 12.6. The summed E-state index contributed by atoms with van der Waals surface area (Å²) in [4.78, 5) is 25.9. The first kappa shape index (κ1) is 17.2. The first-order valence-electron chi connectivity index (χ1n) is 9.09. The van der Waals surface area contributed by atoms with E-state index in [2.05, 4.69) is 38.2 Å². The van der Waals surface area contributed by atoms with Crippen LogP contribution in [0, 0.1) is 20.8 Å². The third-order valence-electron chi connectivity index (χ3n) is 5.25. The SMILES string of the molecule is Cc1cc(C)c(CNc2cccc3c2C(=O)c2ccccc2C3=O)c(C)c1. The van der Waals surface area contributed by atoms with E-state index < -0.39 is 0 Å². The number of aryl methyl sites for hydroxylation is 3. The van der Waals surface area contributed by atoms with Crippen LogP contribution in [0.25, 0.3) is 0 Å². The Morgan fingerprint density at radius 2 is 1.33 bits per heavy atom. The topological polar surface area (TPSA) is 46.2 Å². The maximum absolute atomic E-state index is 13.1. The number of anilines is 1. The molecule has 0 aromatic heterocycles. The molecule has 27 heavy (non-hydrogen) atoms. The van der Waals surface area contributed by atoms with Crippen molar-refractivity contribution in [2.24, 2.45) is 0 Å². The van der Waals surface area contributed by atoms with Crippen LogP contribution in [0.15, 0.2) is 54.6 Å². The maximum Gasteiger partial charge on any atom is 0.196 e. The number of fused-ring (bicyclic) bond motifs is 2. The van der Waals surface area contributed by atoms with Crippen molar-refractivity contribution in [3.05, 3.63) is 99.1 Å². The highest BCUT2D eigenvalue weighted by Crippen LogP contribution is 2.32. The number of hydrogen-bond acceptors (Lipinski definition) is 3. The summed E-state index contributed by atoms with van der Waals surface area (Å²) in [6.45, 7) is 6.90. The van der Waals surface area contributed by atoms with E-state index in [0.717, 1.165) is 0 Å².